The van der Waals surface area contributed by atoms with Crippen LogP contribution in [0.25, 0.3) is 0 Å². The fourth-order valence-corrected chi connectivity index (χ4v) is 2.20. The van der Waals surface area contributed by atoms with Gasteiger partial charge in [0.2, 0.25) is 0 Å². The molecule has 0 heterocycles. The van der Waals surface area contributed by atoms with Crippen LogP contribution in [-0.4, -0.2) is 6.61 Å². The Labute approximate surface area is 98.1 Å². The van der Waals surface area contributed by atoms with E-state index >= 15 is 0 Å². The fourth-order valence-electron chi connectivity index (χ4n) is 2.20. The third-order valence-corrected chi connectivity index (χ3v) is 3.10. The average Bonchev–Trinajstić information content (AvgIpc) is 2.83. The van der Waals surface area contributed by atoms with Crippen LogP contribution in [0.3, 0.4) is 0 Å². The quantitative estimate of drug-likeness (QED) is 0.529. The van der Waals surface area contributed by atoms with Gasteiger partial charge in [0.15, 0.2) is 0 Å². The highest BCUT2D eigenvalue weighted by Crippen LogP contribution is 2.25. The van der Waals surface area contributed by atoms with Gasteiger partial charge in [0.05, 0.1) is 6.61 Å². The summed E-state index contributed by atoms with van der Waals surface area (Å²) in [5, 5.41) is 0. The molecule has 1 aromatic carbocycles. The van der Waals surface area contributed by atoms with Crippen molar-refractivity contribution in [1.82, 2.24) is 0 Å². The number of allylic oxidation sites excluding steroid dienone is 1. The molecule has 0 radical (unpaired) electrons. The Hall–Kier alpha value is -1.24. The summed E-state index contributed by atoms with van der Waals surface area (Å²) < 4.78 is 5.62. The fraction of sp³-hybridized carbons (Fsp3) is 0.467. The van der Waals surface area contributed by atoms with E-state index in [1.54, 1.807) is 0 Å². The van der Waals surface area contributed by atoms with Crippen molar-refractivity contribution in [3.05, 3.63) is 42.5 Å². The third-order valence-electron chi connectivity index (χ3n) is 3.10. The van der Waals surface area contributed by atoms with Gasteiger partial charge < -0.3 is 4.74 Å². The lowest BCUT2D eigenvalue weighted by Gasteiger charge is -2.04. The minimum absolute atomic E-state index is 0.785. The Kier molecular flexibility index (Phi) is 4.48. The predicted octanol–water partition coefficient (Wildman–Crippen LogP) is 4.20. The Morgan fingerprint density at radius 2 is 1.88 bits per heavy atom. The van der Waals surface area contributed by atoms with Gasteiger partial charge in [-0.25, -0.2) is 0 Å². The minimum Gasteiger partial charge on any atom is -0.493 e. The summed E-state index contributed by atoms with van der Waals surface area (Å²) in [6, 6.07) is 10.0. The number of para-hydroxylation sites is 1. The zero-order chi connectivity index (χ0) is 11.1. The predicted molar refractivity (Wildman–Crippen MR) is 67.7 cm³/mol. The van der Waals surface area contributed by atoms with Gasteiger partial charge in [-0.2, -0.15) is 0 Å². The lowest BCUT2D eigenvalue weighted by molar-refractivity contribution is 0.324. The van der Waals surface area contributed by atoms with E-state index in [1.807, 2.05) is 30.3 Å². The number of benzene rings is 1. The third kappa shape index (κ3) is 3.73. The Morgan fingerprint density at radius 1 is 1.12 bits per heavy atom. The van der Waals surface area contributed by atoms with E-state index in [4.69, 9.17) is 4.74 Å². The molecule has 1 nitrogen and oxygen atoms in total. The van der Waals surface area contributed by atoms with Crippen LogP contribution in [0.2, 0.25) is 0 Å². The summed E-state index contributed by atoms with van der Waals surface area (Å²) in [6.45, 7) is 0.785. The number of hydrogen-bond donors (Lipinski definition) is 0. The first-order chi connectivity index (χ1) is 7.95. The van der Waals surface area contributed by atoms with Crippen molar-refractivity contribution in [2.24, 2.45) is 5.92 Å². The molecule has 86 valence electrons. The molecule has 1 aliphatic rings. The van der Waals surface area contributed by atoms with Crippen LogP contribution in [0, 0.1) is 5.92 Å². The lowest BCUT2D eigenvalue weighted by atomic mass is 10.1. The Balaban J connectivity index is 1.61. The number of rotatable bonds is 5. The molecule has 0 unspecified atom stereocenters. The van der Waals surface area contributed by atoms with E-state index in [9.17, 15) is 0 Å². The van der Waals surface area contributed by atoms with Gasteiger partial charge in [-0.3, -0.25) is 0 Å². The van der Waals surface area contributed by atoms with Crippen LogP contribution in [0.1, 0.15) is 32.1 Å². The molecule has 1 aromatic rings. The second-order valence-electron chi connectivity index (χ2n) is 4.42. The molecule has 0 bridgehead atoms. The van der Waals surface area contributed by atoms with E-state index in [0.717, 1.165) is 24.7 Å². The summed E-state index contributed by atoms with van der Waals surface area (Å²) in [5.74, 6) is 1.81. The van der Waals surface area contributed by atoms with Crippen LogP contribution in [-0.2, 0) is 0 Å². The van der Waals surface area contributed by atoms with Gasteiger partial charge >= 0.3 is 0 Å². The van der Waals surface area contributed by atoms with Gasteiger partial charge in [0.1, 0.15) is 5.75 Å². The first-order valence-electron chi connectivity index (χ1n) is 6.29. The smallest absolute Gasteiger partial charge is 0.119 e. The second kappa shape index (κ2) is 6.37. The van der Waals surface area contributed by atoms with Crippen LogP contribution in [0.5, 0.6) is 5.75 Å². The molecule has 1 aliphatic carbocycles. The molecule has 1 saturated carbocycles. The second-order valence-corrected chi connectivity index (χ2v) is 4.42. The molecule has 1 heteroatoms. The maximum atomic E-state index is 5.62. The SMILES string of the molecule is C(=C\C1CCCC1)/CCOc1ccccc1. The van der Waals surface area contributed by atoms with Gasteiger partial charge in [-0.1, -0.05) is 43.2 Å². The molecule has 0 atom stereocenters. The minimum atomic E-state index is 0.785. The van der Waals surface area contributed by atoms with Crippen LogP contribution < -0.4 is 4.74 Å². The van der Waals surface area contributed by atoms with Gasteiger partial charge in [-0.15, -0.1) is 0 Å². The van der Waals surface area contributed by atoms with Crippen LogP contribution in [0.15, 0.2) is 42.5 Å². The van der Waals surface area contributed by atoms with Crippen molar-refractivity contribution < 1.29 is 4.74 Å². The van der Waals surface area contributed by atoms with Crippen molar-refractivity contribution in [3.63, 3.8) is 0 Å². The molecule has 0 spiro atoms. The Bertz CT molecular complexity index is 309. The van der Waals surface area contributed by atoms with Crippen molar-refractivity contribution in [2.75, 3.05) is 6.61 Å². The van der Waals surface area contributed by atoms with E-state index in [-0.39, 0.29) is 0 Å². The maximum absolute atomic E-state index is 5.62. The largest absolute Gasteiger partial charge is 0.493 e. The van der Waals surface area contributed by atoms with Gasteiger partial charge in [-0.05, 0) is 37.3 Å². The van der Waals surface area contributed by atoms with Crippen molar-refractivity contribution in [1.29, 1.82) is 0 Å². The molecule has 0 amide bonds. The normalized spacial score (nSPS) is 17.0. The highest BCUT2D eigenvalue weighted by atomic mass is 16.5. The Morgan fingerprint density at radius 3 is 2.62 bits per heavy atom. The first-order valence-corrected chi connectivity index (χ1v) is 6.29. The zero-order valence-corrected chi connectivity index (χ0v) is 9.77. The van der Waals surface area contributed by atoms with Crippen LogP contribution >= 0.6 is 0 Å². The summed E-state index contributed by atoms with van der Waals surface area (Å²) in [4.78, 5) is 0. The highest BCUT2D eigenvalue weighted by Gasteiger charge is 2.10. The van der Waals surface area contributed by atoms with Gasteiger partial charge in [0, 0.05) is 0 Å². The van der Waals surface area contributed by atoms with E-state index < -0.39 is 0 Å². The van der Waals surface area contributed by atoms with Crippen molar-refractivity contribution >= 4 is 0 Å². The molecule has 0 aliphatic heterocycles. The summed E-state index contributed by atoms with van der Waals surface area (Å²) in [5.41, 5.74) is 0. The number of hydrogen-bond acceptors (Lipinski definition) is 1. The maximum Gasteiger partial charge on any atom is 0.119 e. The summed E-state index contributed by atoms with van der Waals surface area (Å²) in [6.07, 6.45) is 11.3. The first kappa shape index (κ1) is 11.3. The van der Waals surface area contributed by atoms with E-state index in [2.05, 4.69) is 12.2 Å². The zero-order valence-electron chi connectivity index (χ0n) is 9.77. The summed E-state index contributed by atoms with van der Waals surface area (Å²) in [7, 11) is 0. The molecule has 0 N–H and O–H groups in total. The molecule has 16 heavy (non-hydrogen) atoms. The van der Waals surface area contributed by atoms with Gasteiger partial charge in [0.25, 0.3) is 0 Å². The molecule has 0 saturated heterocycles. The summed E-state index contributed by atoms with van der Waals surface area (Å²) >= 11 is 0. The molecule has 1 fully saturated rings. The molecular weight excluding hydrogens is 196 g/mol. The molecule has 2 rings (SSSR count). The highest BCUT2D eigenvalue weighted by molar-refractivity contribution is 5.20. The van der Waals surface area contributed by atoms with E-state index in [1.165, 1.54) is 25.7 Å². The van der Waals surface area contributed by atoms with Crippen molar-refractivity contribution in [2.45, 2.75) is 32.1 Å². The number of ether oxygens (including phenoxy) is 1. The van der Waals surface area contributed by atoms with Crippen LogP contribution in [0.4, 0.5) is 0 Å². The average molecular weight is 216 g/mol. The topological polar surface area (TPSA) is 9.23 Å². The molecule has 0 aromatic heterocycles. The lowest BCUT2D eigenvalue weighted by Crippen LogP contribution is -1.95. The van der Waals surface area contributed by atoms with E-state index in [0.29, 0.717) is 0 Å². The monoisotopic (exact) mass is 216 g/mol. The van der Waals surface area contributed by atoms with Crippen molar-refractivity contribution in [3.8, 4) is 5.75 Å². The standard InChI is InChI=1S/C15H20O/c1-2-11-15(12-3-1)16-13-7-6-10-14-8-4-5-9-14/h1-3,6,10-12,14H,4-5,7-9,13H2/b10-6+. The molecular formula is C15H20O.